The van der Waals surface area contributed by atoms with Crippen molar-refractivity contribution in [1.82, 2.24) is 0 Å². The van der Waals surface area contributed by atoms with E-state index in [1.54, 1.807) is 0 Å². The molecule has 0 amide bonds. The molecular formula is C9H5NO2S. The number of hydrogen-bond donors (Lipinski definition) is 1. The van der Waals surface area contributed by atoms with Gasteiger partial charge in [-0.05, 0) is 12.1 Å². The molecule has 3 nitrogen and oxygen atoms in total. The zero-order chi connectivity index (χ0) is 9.84. The molecule has 0 heterocycles. The Kier molecular flexibility index (Phi) is 2.83. The second-order valence-corrected chi connectivity index (χ2v) is 2.76. The number of nitriles is 1. The summed E-state index contributed by atoms with van der Waals surface area (Å²) < 4.78 is 0. The molecular weight excluding hydrogens is 186 g/mol. The molecule has 0 aromatic heterocycles. The van der Waals surface area contributed by atoms with Gasteiger partial charge in [0.15, 0.2) is 12.6 Å². The van der Waals surface area contributed by atoms with Crippen LogP contribution in [0.25, 0.3) is 0 Å². The van der Waals surface area contributed by atoms with Crippen LogP contribution in [0.5, 0.6) is 0 Å². The van der Waals surface area contributed by atoms with E-state index >= 15 is 0 Å². The van der Waals surface area contributed by atoms with Gasteiger partial charge in [-0.2, -0.15) is 5.26 Å². The molecule has 1 aromatic carbocycles. The van der Waals surface area contributed by atoms with Gasteiger partial charge in [0.2, 0.25) is 0 Å². The molecule has 0 aliphatic rings. The van der Waals surface area contributed by atoms with E-state index in [2.05, 4.69) is 12.6 Å². The molecule has 13 heavy (non-hydrogen) atoms. The van der Waals surface area contributed by atoms with Crippen LogP contribution >= 0.6 is 12.6 Å². The van der Waals surface area contributed by atoms with Crippen LogP contribution in [-0.4, -0.2) is 12.6 Å². The third-order valence-corrected chi connectivity index (χ3v) is 2.10. The van der Waals surface area contributed by atoms with Crippen molar-refractivity contribution in [2.45, 2.75) is 4.90 Å². The molecule has 0 atom stereocenters. The Morgan fingerprint density at radius 3 is 2.46 bits per heavy atom. The predicted molar refractivity (Wildman–Crippen MR) is 49.2 cm³/mol. The van der Waals surface area contributed by atoms with Crippen LogP contribution in [0.3, 0.4) is 0 Å². The van der Waals surface area contributed by atoms with Gasteiger partial charge in [0, 0.05) is 16.0 Å². The summed E-state index contributed by atoms with van der Waals surface area (Å²) in [6.07, 6.45) is 1.08. The van der Waals surface area contributed by atoms with Crippen molar-refractivity contribution < 1.29 is 9.59 Å². The van der Waals surface area contributed by atoms with Crippen molar-refractivity contribution in [3.05, 3.63) is 28.8 Å². The Morgan fingerprint density at radius 2 is 2.00 bits per heavy atom. The summed E-state index contributed by atoms with van der Waals surface area (Å²) in [5.41, 5.74) is 0.701. The van der Waals surface area contributed by atoms with Crippen LogP contribution in [0, 0.1) is 11.3 Å². The fraction of sp³-hybridized carbons (Fsp3) is 0. The summed E-state index contributed by atoms with van der Waals surface area (Å²) in [6.45, 7) is 0. The molecule has 1 rings (SSSR count). The van der Waals surface area contributed by atoms with Crippen molar-refractivity contribution in [3.8, 4) is 6.07 Å². The lowest BCUT2D eigenvalue weighted by Crippen LogP contribution is -1.94. The summed E-state index contributed by atoms with van der Waals surface area (Å²) in [7, 11) is 0. The fourth-order valence-corrected chi connectivity index (χ4v) is 1.25. The molecule has 0 saturated carbocycles. The molecule has 0 unspecified atom stereocenters. The molecule has 4 heteroatoms. The SMILES string of the molecule is N#Cc1ccc(C=O)c(C=O)c1S. The van der Waals surface area contributed by atoms with Crippen LogP contribution in [0.4, 0.5) is 0 Å². The molecule has 0 fully saturated rings. The zero-order valence-corrected chi connectivity index (χ0v) is 7.41. The quantitative estimate of drug-likeness (QED) is 0.569. The highest BCUT2D eigenvalue weighted by Crippen LogP contribution is 2.19. The average Bonchev–Trinajstić information content (AvgIpc) is 2.17. The minimum atomic E-state index is 0.164. The van der Waals surface area contributed by atoms with E-state index in [9.17, 15) is 9.59 Å². The topological polar surface area (TPSA) is 57.9 Å². The number of nitrogens with zero attached hydrogens (tertiary/aromatic N) is 1. The second kappa shape index (κ2) is 3.87. The number of hydrogen-bond acceptors (Lipinski definition) is 4. The highest BCUT2D eigenvalue weighted by molar-refractivity contribution is 7.80. The monoisotopic (exact) mass is 191 g/mol. The first-order valence-corrected chi connectivity index (χ1v) is 3.85. The van der Waals surface area contributed by atoms with Gasteiger partial charge in [-0.15, -0.1) is 12.6 Å². The number of thiol groups is 1. The molecule has 0 aliphatic carbocycles. The highest BCUT2D eigenvalue weighted by Gasteiger charge is 2.08. The second-order valence-electron chi connectivity index (χ2n) is 2.31. The Morgan fingerprint density at radius 1 is 1.31 bits per heavy atom. The van der Waals surface area contributed by atoms with Crippen molar-refractivity contribution in [1.29, 1.82) is 5.26 Å². The molecule has 1 aromatic rings. The van der Waals surface area contributed by atoms with Gasteiger partial charge < -0.3 is 0 Å². The van der Waals surface area contributed by atoms with E-state index in [1.165, 1.54) is 12.1 Å². The van der Waals surface area contributed by atoms with Gasteiger partial charge in [0.25, 0.3) is 0 Å². The van der Waals surface area contributed by atoms with Gasteiger partial charge in [-0.3, -0.25) is 9.59 Å². The normalized spacial score (nSPS) is 8.92. The van der Waals surface area contributed by atoms with E-state index in [4.69, 9.17) is 5.26 Å². The zero-order valence-electron chi connectivity index (χ0n) is 6.52. The lowest BCUT2D eigenvalue weighted by atomic mass is 10.1. The standard InChI is InChI=1S/C9H5NO2S/c10-3-6-1-2-7(4-11)8(5-12)9(6)13/h1-2,4-5,13H. The first kappa shape index (κ1) is 9.49. The van der Waals surface area contributed by atoms with Crippen molar-refractivity contribution in [3.63, 3.8) is 0 Å². The van der Waals surface area contributed by atoms with Gasteiger partial charge >= 0.3 is 0 Å². The van der Waals surface area contributed by atoms with Gasteiger partial charge in [0.05, 0.1) is 5.56 Å². The Hall–Kier alpha value is -1.60. The van der Waals surface area contributed by atoms with Crippen LogP contribution in [0.15, 0.2) is 17.0 Å². The molecule has 0 saturated heterocycles. The summed E-state index contributed by atoms with van der Waals surface area (Å²) in [5.74, 6) is 0. The fourth-order valence-electron chi connectivity index (χ4n) is 0.940. The predicted octanol–water partition coefficient (Wildman–Crippen LogP) is 1.47. The lowest BCUT2D eigenvalue weighted by molar-refractivity contribution is 0.109. The van der Waals surface area contributed by atoms with Crippen LogP contribution in [0.2, 0.25) is 0 Å². The molecule has 0 aliphatic heterocycles. The number of rotatable bonds is 2. The molecule has 0 N–H and O–H groups in total. The average molecular weight is 191 g/mol. The van der Waals surface area contributed by atoms with Crippen LogP contribution < -0.4 is 0 Å². The van der Waals surface area contributed by atoms with Crippen molar-refractivity contribution in [2.75, 3.05) is 0 Å². The maximum Gasteiger partial charge on any atom is 0.151 e. The van der Waals surface area contributed by atoms with E-state index < -0.39 is 0 Å². The van der Waals surface area contributed by atoms with Crippen molar-refractivity contribution in [2.24, 2.45) is 0 Å². The molecule has 0 radical (unpaired) electrons. The Balaban J connectivity index is 3.51. The van der Waals surface area contributed by atoms with E-state index in [1.807, 2.05) is 6.07 Å². The number of carbonyl (C=O) groups excluding carboxylic acids is 2. The first-order chi connectivity index (χ1) is 6.24. The minimum absolute atomic E-state index is 0.164. The van der Waals surface area contributed by atoms with Crippen LogP contribution in [-0.2, 0) is 0 Å². The molecule has 64 valence electrons. The van der Waals surface area contributed by atoms with E-state index in [0.29, 0.717) is 12.6 Å². The third kappa shape index (κ3) is 1.60. The van der Waals surface area contributed by atoms with Gasteiger partial charge in [-0.1, -0.05) is 0 Å². The Bertz CT molecular complexity index is 407. The largest absolute Gasteiger partial charge is 0.298 e. The Labute approximate surface area is 80.4 Å². The van der Waals surface area contributed by atoms with Gasteiger partial charge in [0.1, 0.15) is 6.07 Å². The number of benzene rings is 1. The smallest absolute Gasteiger partial charge is 0.151 e. The molecule has 0 spiro atoms. The van der Waals surface area contributed by atoms with Crippen molar-refractivity contribution >= 4 is 25.2 Å². The first-order valence-electron chi connectivity index (χ1n) is 3.41. The minimum Gasteiger partial charge on any atom is -0.298 e. The van der Waals surface area contributed by atoms with E-state index in [-0.39, 0.29) is 21.6 Å². The molecule has 0 bridgehead atoms. The number of carbonyl (C=O) groups is 2. The maximum absolute atomic E-state index is 10.6. The summed E-state index contributed by atoms with van der Waals surface area (Å²) in [4.78, 5) is 21.3. The lowest BCUT2D eigenvalue weighted by Gasteiger charge is -2.01. The highest BCUT2D eigenvalue weighted by atomic mass is 32.1. The summed E-state index contributed by atoms with van der Waals surface area (Å²) in [6, 6.07) is 4.75. The van der Waals surface area contributed by atoms with E-state index in [0.717, 1.165) is 0 Å². The maximum atomic E-state index is 10.6. The third-order valence-electron chi connectivity index (χ3n) is 1.62. The number of aldehydes is 2. The van der Waals surface area contributed by atoms with Gasteiger partial charge in [-0.25, -0.2) is 0 Å². The van der Waals surface area contributed by atoms with Crippen LogP contribution in [0.1, 0.15) is 26.3 Å². The summed E-state index contributed by atoms with van der Waals surface area (Å²) >= 11 is 3.98. The summed E-state index contributed by atoms with van der Waals surface area (Å²) in [5, 5.41) is 8.60.